The van der Waals surface area contributed by atoms with Gasteiger partial charge in [0.15, 0.2) is 0 Å². The van der Waals surface area contributed by atoms with E-state index < -0.39 is 0 Å². The summed E-state index contributed by atoms with van der Waals surface area (Å²) in [6.45, 7) is 8.35. The second kappa shape index (κ2) is 5.71. The van der Waals surface area contributed by atoms with Crippen molar-refractivity contribution in [3.8, 4) is 0 Å². The number of hydrogen-bond donors (Lipinski definition) is 3. The molecule has 100 valence electrons. The van der Waals surface area contributed by atoms with E-state index >= 15 is 0 Å². The van der Waals surface area contributed by atoms with Crippen molar-refractivity contribution in [1.82, 2.24) is 10.6 Å². The summed E-state index contributed by atoms with van der Waals surface area (Å²) in [6, 6.07) is 0.455. The van der Waals surface area contributed by atoms with Crippen molar-refractivity contribution in [1.29, 1.82) is 0 Å². The van der Waals surface area contributed by atoms with Gasteiger partial charge in [-0.1, -0.05) is 13.8 Å². The quantitative estimate of drug-likeness (QED) is 0.707. The molecule has 4 nitrogen and oxygen atoms in total. The SMILES string of the molecule is CC(C)C(C)NC(=O)NC1(C)CCC(N)CC1. The van der Waals surface area contributed by atoms with Crippen LogP contribution in [0.25, 0.3) is 0 Å². The van der Waals surface area contributed by atoms with E-state index in [9.17, 15) is 4.79 Å². The van der Waals surface area contributed by atoms with E-state index in [1.54, 1.807) is 0 Å². The van der Waals surface area contributed by atoms with Gasteiger partial charge >= 0.3 is 6.03 Å². The Hall–Kier alpha value is -0.770. The predicted molar refractivity (Wildman–Crippen MR) is 70.8 cm³/mol. The predicted octanol–water partition coefficient (Wildman–Crippen LogP) is 1.99. The van der Waals surface area contributed by atoms with Crippen LogP contribution in [0.1, 0.15) is 53.4 Å². The molecule has 2 amide bonds. The van der Waals surface area contributed by atoms with E-state index in [-0.39, 0.29) is 17.6 Å². The van der Waals surface area contributed by atoms with Gasteiger partial charge < -0.3 is 16.4 Å². The fourth-order valence-electron chi connectivity index (χ4n) is 2.09. The Bertz CT molecular complexity index is 257. The van der Waals surface area contributed by atoms with Crippen molar-refractivity contribution in [2.45, 2.75) is 71.0 Å². The molecule has 0 aromatic rings. The molecule has 17 heavy (non-hydrogen) atoms. The smallest absolute Gasteiger partial charge is 0.315 e. The van der Waals surface area contributed by atoms with E-state index in [0.29, 0.717) is 12.0 Å². The molecular formula is C13H27N3O. The summed E-state index contributed by atoms with van der Waals surface area (Å²) < 4.78 is 0. The van der Waals surface area contributed by atoms with Crippen LogP contribution in [0.15, 0.2) is 0 Å². The lowest BCUT2D eigenvalue weighted by molar-refractivity contribution is 0.201. The van der Waals surface area contributed by atoms with Gasteiger partial charge in [0.25, 0.3) is 0 Å². The first-order valence-electron chi connectivity index (χ1n) is 6.67. The third-order valence-corrected chi connectivity index (χ3v) is 3.91. The zero-order valence-corrected chi connectivity index (χ0v) is 11.5. The molecule has 1 fully saturated rings. The largest absolute Gasteiger partial charge is 0.335 e. The molecule has 0 aliphatic heterocycles. The average molecular weight is 241 g/mol. The molecule has 0 aromatic carbocycles. The maximum absolute atomic E-state index is 11.9. The van der Waals surface area contributed by atoms with Crippen LogP contribution >= 0.6 is 0 Å². The van der Waals surface area contributed by atoms with Crippen LogP contribution in [0.4, 0.5) is 4.79 Å². The van der Waals surface area contributed by atoms with E-state index in [4.69, 9.17) is 5.73 Å². The Balaban J connectivity index is 2.40. The Morgan fingerprint density at radius 2 is 1.82 bits per heavy atom. The van der Waals surface area contributed by atoms with Gasteiger partial charge in [0, 0.05) is 17.6 Å². The molecule has 1 rings (SSSR count). The van der Waals surface area contributed by atoms with Crippen molar-refractivity contribution in [3.63, 3.8) is 0 Å². The molecule has 0 radical (unpaired) electrons. The lowest BCUT2D eigenvalue weighted by Crippen LogP contribution is -2.55. The Kier molecular flexibility index (Phi) is 4.80. The molecule has 1 atom stereocenters. The van der Waals surface area contributed by atoms with E-state index in [2.05, 4.69) is 31.4 Å². The number of urea groups is 1. The third-order valence-electron chi connectivity index (χ3n) is 3.91. The molecule has 1 aliphatic rings. The first-order chi connectivity index (χ1) is 7.82. The highest BCUT2D eigenvalue weighted by molar-refractivity contribution is 5.75. The highest BCUT2D eigenvalue weighted by atomic mass is 16.2. The van der Waals surface area contributed by atoms with Gasteiger partial charge in [0.2, 0.25) is 0 Å². The van der Waals surface area contributed by atoms with Gasteiger partial charge in [-0.05, 0) is 45.4 Å². The highest BCUT2D eigenvalue weighted by Gasteiger charge is 2.31. The fraction of sp³-hybridized carbons (Fsp3) is 0.923. The van der Waals surface area contributed by atoms with Crippen LogP contribution in [0.2, 0.25) is 0 Å². The second-order valence-corrected chi connectivity index (χ2v) is 6.03. The molecule has 4 heteroatoms. The molecular weight excluding hydrogens is 214 g/mol. The molecule has 0 bridgehead atoms. The Morgan fingerprint density at radius 1 is 1.29 bits per heavy atom. The van der Waals surface area contributed by atoms with Gasteiger partial charge in [0.05, 0.1) is 0 Å². The maximum Gasteiger partial charge on any atom is 0.315 e. The summed E-state index contributed by atoms with van der Waals surface area (Å²) in [6.07, 6.45) is 3.93. The highest BCUT2D eigenvalue weighted by Crippen LogP contribution is 2.26. The minimum Gasteiger partial charge on any atom is -0.335 e. The van der Waals surface area contributed by atoms with Crippen molar-refractivity contribution in [2.24, 2.45) is 11.7 Å². The maximum atomic E-state index is 11.9. The number of nitrogens with two attached hydrogens (primary N) is 1. The van der Waals surface area contributed by atoms with Gasteiger partial charge in [-0.15, -0.1) is 0 Å². The minimum absolute atomic E-state index is 0.0517. The van der Waals surface area contributed by atoms with Crippen molar-refractivity contribution < 1.29 is 4.79 Å². The van der Waals surface area contributed by atoms with Crippen LogP contribution in [0.3, 0.4) is 0 Å². The van der Waals surface area contributed by atoms with Gasteiger partial charge in [-0.3, -0.25) is 0 Å². The fourth-order valence-corrected chi connectivity index (χ4v) is 2.09. The number of amides is 2. The van der Waals surface area contributed by atoms with Crippen molar-refractivity contribution in [3.05, 3.63) is 0 Å². The monoisotopic (exact) mass is 241 g/mol. The standard InChI is InChI=1S/C13H27N3O/c1-9(2)10(3)15-12(17)16-13(4)7-5-11(14)6-8-13/h9-11H,5-8,14H2,1-4H3,(H2,15,16,17). The first kappa shape index (κ1) is 14.3. The van der Waals surface area contributed by atoms with E-state index in [1.807, 2.05) is 6.92 Å². The minimum atomic E-state index is -0.0867. The Labute approximate surface area is 105 Å². The number of hydrogen-bond acceptors (Lipinski definition) is 2. The number of carbonyl (C=O) groups is 1. The first-order valence-corrected chi connectivity index (χ1v) is 6.67. The van der Waals surface area contributed by atoms with Gasteiger partial charge in [0.1, 0.15) is 0 Å². The molecule has 0 saturated heterocycles. The van der Waals surface area contributed by atoms with Crippen LogP contribution < -0.4 is 16.4 Å². The zero-order chi connectivity index (χ0) is 13.1. The number of nitrogens with one attached hydrogen (secondary N) is 2. The van der Waals surface area contributed by atoms with Crippen molar-refractivity contribution in [2.75, 3.05) is 0 Å². The molecule has 4 N–H and O–H groups in total. The van der Waals surface area contributed by atoms with Gasteiger partial charge in [-0.25, -0.2) is 4.79 Å². The normalized spacial score (nSPS) is 31.1. The third kappa shape index (κ3) is 4.54. The van der Waals surface area contributed by atoms with Crippen LogP contribution in [0, 0.1) is 5.92 Å². The van der Waals surface area contributed by atoms with E-state index in [0.717, 1.165) is 25.7 Å². The Morgan fingerprint density at radius 3 is 2.29 bits per heavy atom. The van der Waals surface area contributed by atoms with Crippen LogP contribution in [-0.4, -0.2) is 23.7 Å². The van der Waals surface area contributed by atoms with Crippen LogP contribution in [-0.2, 0) is 0 Å². The zero-order valence-electron chi connectivity index (χ0n) is 11.5. The molecule has 0 heterocycles. The summed E-state index contributed by atoms with van der Waals surface area (Å²) in [5.74, 6) is 0.452. The summed E-state index contributed by atoms with van der Waals surface area (Å²) in [4.78, 5) is 11.9. The number of rotatable bonds is 3. The average Bonchev–Trinajstić information content (AvgIpc) is 2.22. The van der Waals surface area contributed by atoms with Gasteiger partial charge in [-0.2, -0.15) is 0 Å². The molecule has 1 unspecified atom stereocenters. The number of carbonyl (C=O) groups excluding carboxylic acids is 1. The molecule has 0 spiro atoms. The topological polar surface area (TPSA) is 67.2 Å². The molecule has 1 aliphatic carbocycles. The van der Waals surface area contributed by atoms with E-state index in [1.165, 1.54) is 0 Å². The lowest BCUT2D eigenvalue weighted by Gasteiger charge is -2.37. The lowest BCUT2D eigenvalue weighted by atomic mass is 9.81. The summed E-state index contributed by atoms with van der Waals surface area (Å²) in [5, 5.41) is 6.08. The molecule has 0 aromatic heterocycles. The molecule has 1 saturated carbocycles. The van der Waals surface area contributed by atoms with Crippen molar-refractivity contribution >= 4 is 6.03 Å². The van der Waals surface area contributed by atoms with Crippen LogP contribution in [0.5, 0.6) is 0 Å². The summed E-state index contributed by atoms with van der Waals surface area (Å²) >= 11 is 0. The summed E-state index contributed by atoms with van der Waals surface area (Å²) in [7, 11) is 0. The second-order valence-electron chi connectivity index (χ2n) is 6.03. The summed E-state index contributed by atoms with van der Waals surface area (Å²) in [5.41, 5.74) is 5.79.